The van der Waals surface area contributed by atoms with Crippen molar-refractivity contribution in [1.82, 2.24) is 8.75 Å². The number of benzene rings is 2. The van der Waals surface area contributed by atoms with E-state index in [4.69, 9.17) is 4.18 Å². The normalized spacial score (nSPS) is 17.0. The molecular formula is C17H14N2O4S2. The first kappa shape index (κ1) is 16.2. The number of aryl methyl sites for hydroxylation is 1. The van der Waals surface area contributed by atoms with E-state index in [0.29, 0.717) is 17.5 Å². The van der Waals surface area contributed by atoms with Crippen molar-refractivity contribution in [2.24, 2.45) is 0 Å². The molecule has 1 unspecified atom stereocenters. The van der Waals surface area contributed by atoms with Crippen LogP contribution in [0.3, 0.4) is 0 Å². The van der Waals surface area contributed by atoms with Crippen molar-refractivity contribution >= 4 is 38.7 Å². The van der Waals surface area contributed by atoms with Gasteiger partial charge < -0.3 is 4.18 Å². The van der Waals surface area contributed by atoms with Crippen LogP contribution in [0.25, 0.3) is 11.0 Å². The summed E-state index contributed by atoms with van der Waals surface area (Å²) >= 11 is 0.938. The summed E-state index contributed by atoms with van der Waals surface area (Å²) < 4.78 is 39.0. The van der Waals surface area contributed by atoms with E-state index in [0.717, 1.165) is 22.9 Å². The molecule has 0 saturated carbocycles. The van der Waals surface area contributed by atoms with E-state index >= 15 is 0 Å². The molecule has 0 N–H and O–H groups in total. The van der Waals surface area contributed by atoms with E-state index in [1.165, 1.54) is 6.07 Å². The Balaban J connectivity index is 1.84. The Morgan fingerprint density at radius 2 is 2.00 bits per heavy atom. The van der Waals surface area contributed by atoms with E-state index in [1.54, 1.807) is 24.3 Å². The molecular weight excluding hydrogens is 360 g/mol. The minimum absolute atomic E-state index is 0.0495. The quantitative estimate of drug-likeness (QED) is 0.653. The summed E-state index contributed by atoms with van der Waals surface area (Å²) in [5.41, 5.74) is 2.97. The Hall–Kier alpha value is -2.32. The molecule has 25 heavy (non-hydrogen) atoms. The number of fused-ring (bicyclic) bond motifs is 2. The second-order valence-corrected chi connectivity index (χ2v) is 8.17. The second kappa shape index (κ2) is 5.60. The summed E-state index contributed by atoms with van der Waals surface area (Å²) in [6.45, 7) is 3.87. The van der Waals surface area contributed by atoms with Crippen molar-refractivity contribution in [2.45, 2.75) is 31.1 Å². The molecule has 1 aromatic heterocycles. The van der Waals surface area contributed by atoms with E-state index < -0.39 is 10.1 Å². The minimum Gasteiger partial charge on any atom is -0.378 e. The van der Waals surface area contributed by atoms with Gasteiger partial charge in [-0.25, -0.2) is 0 Å². The summed E-state index contributed by atoms with van der Waals surface area (Å²) in [4.78, 5) is 12.3. The first-order valence-electron chi connectivity index (χ1n) is 7.71. The van der Waals surface area contributed by atoms with Crippen molar-refractivity contribution < 1.29 is 17.4 Å². The molecule has 2 aromatic carbocycles. The first-order valence-corrected chi connectivity index (χ1v) is 9.85. The van der Waals surface area contributed by atoms with Crippen molar-refractivity contribution in [3.05, 3.63) is 47.0 Å². The number of Topliss-reactive ketones (excluding diaryl/α,β-unsaturated/α-hetero) is 1. The second-order valence-electron chi connectivity index (χ2n) is 6.12. The van der Waals surface area contributed by atoms with Crippen LogP contribution in [-0.4, -0.2) is 22.9 Å². The maximum absolute atomic E-state index is 12.8. The lowest BCUT2D eigenvalue weighted by Crippen LogP contribution is -2.12. The highest BCUT2D eigenvalue weighted by atomic mass is 32.2. The van der Waals surface area contributed by atoms with Gasteiger partial charge in [-0.3, -0.25) is 4.79 Å². The molecule has 1 aliphatic rings. The molecule has 3 aromatic rings. The lowest BCUT2D eigenvalue weighted by atomic mass is 9.98. The maximum Gasteiger partial charge on any atom is 0.341 e. The standard InChI is InChI=1S/C17H14N2O4S2/c1-9-6-7-13(16-12(20)8-10(2)15(9)16)23-25(21,22)14-5-3-4-11-17(14)19-24-18-11/h3-7,10H,8H2,1-2H3. The predicted molar refractivity (Wildman–Crippen MR) is 93.8 cm³/mol. The number of carbonyl (C=O) groups excluding carboxylic acids is 1. The Morgan fingerprint density at radius 3 is 2.80 bits per heavy atom. The Bertz CT molecular complexity index is 1120. The van der Waals surface area contributed by atoms with Crippen LogP contribution in [0.2, 0.25) is 0 Å². The van der Waals surface area contributed by atoms with Crippen LogP contribution in [0.5, 0.6) is 5.75 Å². The summed E-state index contributed by atoms with van der Waals surface area (Å²) in [5.74, 6) is 0.0417. The molecule has 8 heteroatoms. The van der Waals surface area contributed by atoms with E-state index in [9.17, 15) is 13.2 Å². The van der Waals surface area contributed by atoms with Crippen molar-refractivity contribution in [2.75, 3.05) is 0 Å². The van der Waals surface area contributed by atoms with Gasteiger partial charge in [0.15, 0.2) is 11.5 Å². The molecule has 0 amide bonds. The van der Waals surface area contributed by atoms with Crippen molar-refractivity contribution in [1.29, 1.82) is 0 Å². The number of carbonyl (C=O) groups is 1. The lowest BCUT2D eigenvalue weighted by Gasteiger charge is -2.13. The molecule has 0 spiro atoms. The maximum atomic E-state index is 12.8. The highest BCUT2D eigenvalue weighted by Crippen LogP contribution is 2.41. The van der Waals surface area contributed by atoms with Gasteiger partial charge in [-0.05, 0) is 42.2 Å². The van der Waals surface area contributed by atoms with Gasteiger partial charge in [-0.15, -0.1) is 0 Å². The molecule has 0 saturated heterocycles. The van der Waals surface area contributed by atoms with Gasteiger partial charge in [-0.1, -0.05) is 19.1 Å². The van der Waals surface area contributed by atoms with Gasteiger partial charge in [0.05, 0.1) is 17.3 Å². The molecule has 1 atom stereocenters. The molecule has 0 bridgehead atoms. The van der Waals surface area contributed by atoms with Gasteiger partial charge >= 0.3 is 10.1 Å². The Labute approximate surface area is 148 Å². The van der Waals surface area contributed by atoms with Gasteiger partial charge in [0.25, 0.3) is 0 Å². The van der Waals surface area contributed by atoms with Gasteiger partial charge in [0.2, 0.25) is 0 Å². The predicted octanol–water partition coefficient (Wildman–Crippen LogP) is 3.46. The molecule has 0 fully saturated rings. The average molecular weight is 374 g/mol. The molecule has 128 valence electrons. The molecule has 6 nitrogen and oxygen atoms in total. The number of hydrogen-bond acceptors (Lipinski definition) is 7. The molecule has 0 radical (unpaired) electrons. The summed E-state index contributed by atoms with van der Waals surface area (Å²) in [6, 6.07) is 8.03. The average Bonchev–Trinajstić information content (AvgIpc) is 3.14. The fourth-order valence-electron chi connectivity index (χ4n) is 3.32. The molecule has 4 rings (SSSR count). The Morgan fingerprint density at radius 1 is 1.20 bits per heavy atom. The number of ketones is 1. The molecule has 0 aliphatic heterocycles. The summed E-state index contributed by atoms with van der Waals surface area (Å²) in [7, 11) is -4.13. The topological polar surface area (TPSA) is 86.2 Å². The van der Waals surface area contributed by atoms with Crippen LogP contribution >= 0.6 is 11.7 Å². The zero-order valence-electron chi connectivity index (χ0n) is 13.5. The molecule has 1 heterocycles. The van der Waals surface area contributed by atoms with Gasteiger partial charge in [-0.2, -0.15) is 17.2 Å². The Kier molecular flexibility index (Phi) is 3.62. The monoisotopic (exact) mass is 374 g/mol. The zero-order chi connectivity index (χ0) is 17.8. The zero-order valence-corrected chi connectivity index (χ0v) is 15.1. The van der Waals surface area contributed by atoms with Gasteiger partial charge in [0, 0.05) is 6.42 Å². The third-order valence-electron chi connectivity index (χ3n) is 4.41. The lowest BCUT2D eigenvalue weighted by molar-refractivity contribution is 0.0989. The van der Waals surface area contributed by atoms with Crippen molar-refractivity contribution in [3.8, 4) is 5.75 Å². The number of aromatic nitrogens is 2. The number of hydrogen-bond donors (Lipinski definition) is 0. The summed E-state index contributed by atoms with van der Waals surface area (Å²) in [6.07, 6.45) is 0.363. The first-order chi connectivity index (χ1) is 11.9. The van der Waals surface area contributed by atoms with Crippen LogP contribution in [-0.2, 0) is 10.1 Å². The van der Waals surface area contributed by atoms with Crippen molar-refractivity contribution in [3.63, 3.8) is 0 Å². The fourth-order valence-corrected chi connectivity index (χ4v) is 5.03. The third-order valence-corrected chi connectivity index (χ3v) is 6.22. The van der Waals surface area contributed by atoms with Crippen LogP contribution in [0, 0.1) is 6.92 Å². The van der Waals surface area contributed by atoms with Crippen LogP contribution < -0.4 is 4.18 Å². The van der Waals surface area contributed by atoms with E-state index in [1.807, 2.05) is 13.8 Å². The van der Waals surface area contributed by atoms with E-state index in [2.05, 4.69) is 8.75 Å². The largest absolute Gasteiger partial charge is 0.378 e. The highest BCUT2D eigenvalue weighted by molar-refractivity contribution is 7.87. The smallest absolute Gasteiger partial charge is 0.341 e. The van der Waals surface area contributed by atoms with Crippen LogP contribution in [0.4, 0.5) is 0 Å². The molecule has 1 aliphatic carbocycles. The minimum atomic E-state index is -4.13. The van der Waals surface area contributed by atoms with Crippen LogP contribution in [0.1, 0.15) is 40.7 Å². The summed E-state index contributed by atoms with van der Waals surface area (Å²) in [5, 5.41) is 0. The SMILES string of the molecule is Cc1ccc(OS(=O)(=O)c2cccc3nsnc23)c2c1C(C)CC2=O. The number of nitrogens with zero attached hydrogens (tertiary/aromatic N) is 2. The third kappa shape index (κ3) is 2.52. The van der Waals surface area contributed by atoms with Crippen LogP contribution in [0.15, 0.2) is 35.2 Å². The number of rotatable bonds is 3. The van der Waals surface area contributed by atoms with Gasteiger partial charge in [0.1, 0.15) is 15.9 Å². The fraction of sp³-hybridized carbons (Fsp3) is 0.235. The van der Waals surface area contributed by atoms with E-state index in [-0.39, 0.29) is 27.9 Å². The highest BCUT2D eigenvalue weighted by Gasteiger charge is 2.33.